The lowest BCUT2D eigenvalue weighted by atomic mass is 9.95. The lowest BCUT2D eigenvalue weighted by molar-refractivity contribution is -0.117. The fraction of sp³-hybridized carbons (Fsp3) is 0.217. The number of anilines is 1. The SMILES string of the molecule is CCOC(=O)c1sc(N2C(=O)C(O)=C(C(=O)c3cccs3)C2c2ccc(OC)cc2)nc1C. The highest BCUT2D eigenvalue weighted by Gasteiger charge is 2.46. The zero-order valence-corrected chi connectivity index (χ0v) is 19.7. The van der Waals surface area contributed by atoms with E-state index < -0.39 is 29.5 Å². The monoisotopic (exact) mass is 484 g/mol. The molecule has 0 aliphatic carbocycles. The van der Waals surface area contributed by atoms with Crippen LogP contribution in [0.25, 0.3) is 0 Å². The van der Waals surface area contributed by atoms with Crippen LogP contribution in [0.4, 0.5) is 5.13 Å². The minimum absolute atomic E-state index is 0.0434. The fourth-order valence-corrected chi connectivity index (χ4v) is 5.21. The molecule has 0 spiro atoms. The first kappa shape index (κ1) is 22.7. The van der Waals surface area contributed by atoms with Crippen LogP contribution >= 0.6 is 22.7 Å². The van der Waals surface area contributed by atoms with Crippen LogP contribution in [0.1, 0.15) is 43.6 Å². The zero-order valence-electron chi connectivity index (χ0n) is 18.0. The molecular weight excluding hydrogens is 464 g/mol. The lowest BCUT2D eigenvalue weighted by Gasteiger charge is -2.24. The van der Waals surface area contributed by atoms with Gasteiger partial charge in [0.1, 0.15) is 10.6 Å². The maximum atomic E-state index is 13.3. The summed E-state index contributed by atoms with van der Waals surface area (Å²) >= 11 is 2.19. The van der Waals surface area contributed by atoms with Crippen molar-refractivity contribution in [2.45, 2.75) is 19.9 Å². The van der Waals surface area contributed by atoms with Gasteiger partial charge in [-0.2, -0.15) is 0 Å². The van der Waals surface area contributed by atoms with Crippen molar-refractivity contribution in [1.82, 2.24) is 4.98 Å². The number of ether oxygens (including phenoxy) is 2. The van der Waals surface area contributed by atoms with Crippen molar-refractivity contribution < 1.29 is 29.0 Å². The molecule has 170 valence electrons. The topological polar surface area (TPSA) is 106 Å². The number of hydrogen-bond acceptors (Lipinski definition) is 9. The summed E-state index contributed by atoms with van der Waals surface area (Å²) in [4.78, 5) is 45.1. The molecule has 0 bridgehead atoms. The molecule has 10 heteroatoms. The number of nitrogens with zero attached hydrogens (tertiary/aromatic N) is 2. The van der Waals surface area contributed by atoms with Crippen molar-refractivity contribution in [2.75, 3.05) is 18.6 Å². The van der Waals surface area contributed by atoms with Crippen molar-refractivity contribution in [3.05, 3.63) is 74.1 Å². The Morgan fingerprint density at radius 2 is 1.94 bits per heavy atom. The van der Waals surface area contributed by atoms with Gasteiger partial charge in [-0.15, -0.1) is 11.3 Å². The summed E-state index contributed by atoms with van der Waals surface area (Å²) in [5, 5.41) is 12.7. The van der Waals surface area contributed by atoms with Crippen LogP contribution in [0.3, 0.4) is 0 Å². The second kappa shape index (κ2) is 9.16. The molecule has 33 heavy (non-hydrogen) atoms. The number of esters is 1. The Kier molecular flexibility index (Phi) is 6.30. The number of Topliss-reactive ketones (excluding diaryl/α,β-unsaturated/α-hetero) is 1. The van der Waals surface area contributed by atoms with Crippen LogP contribution in [0.15, 0.2) is 53.1 Å². The fourth-order valence-electron chi connectivity index (χ4n) is 3.55. The van der Waals surface area contributed by atoms with E-state index in [0.717, 1.165) is 11.3 Å². The summed E-state index contributed by atoms with van der Waals surface area (Å²) in [5.74, 6) is -1.79. The average Bonchev–Trinajstić information content (AvgIpc) is 3.53. The molecule has 2 aromatic heterocycles. The van der Waals surface area contributed by atoms with E-state index in [2.05, 4.69) is 4.98 Å². The van der Waals surface area contributed by atoms with Crippen LogP contribution in [0, 0.1) is 6.92 Å². The third-order valence-electron chi connectivity index (χ3n) is 5.08. The molecule has 8 nitrogen and oxygen atoms in total. The first-order chi connectivity index (χ1) is 15.9. The second-order valence-corrected chi connectivity index (χ2v) is 8.98. The maximum Gasteiger partial charge on any atom is 0.350 e. The predicted molar refractivity (Wildman–Crippen MR) is 124 cm³/mol. The van der Waals surface area contributed by atoms with Crippen molar-refractivity contribution in [3.8, 4) is 5.75 Å². The summed E-state index contributed by atoms with van der Waals surface area (Å²) < 4.78 is 10.3. The van der Waals surface area contributed by atoms with Crippen molar-refractivity contribution >= 4 is 45.5 Å². The number of thiophene rings is 1. The molecule has 3 heterocycles. The Labute approximate surface area is 197 Å². The number of carbonyl (C=O) groups is 3. The molecule has 0 saturated heterocycles. The Morgan fingerprint density at radius 3 is 2.55 bits per heavy atom. The highest BCUT2D eigenvalue weighted by molar-refractivity contribution is 7.17. The maximum absolute atomic E-state index is 13.3. The van der Waals surface area contributed by atoms with Crippen molar-refractivity contribution in [1.29, 1.82) is 0 Å². The Hall–Kier alpha value is -3.50. The summed E-state index contributed by atoms with van der Waals surface area (Å²) in [5.41, 5.74) is 0.934. The second-order valence-electron chi connectivity index (χ2n) is 7.05. The Bertz CT molecular complexity index is 1240. The number of hydrogen-bond donors (Lipinski definition) is 1. The number of aliphatic hydroxyl groups is 1. The molecular formula is C23H20N2O6S2. The predicted octanol–water partition coefficient (Wildman–Crippen LogP) is 4.48. The van der Waals surface area contributed by atoms with Crippen LogP contribution in [0.2, 0.25) is 0 Å². The number of benzene rings is 1. The summed E-state index contributed by atoms with van der Waals surface area (Å²) in [7, 11) is 1.53. The quantitative estimate of drug-likeness (QED) is 0.389. The van der Waals surface area contributed by atoms with Gasteiger partial charge in [0.15, 0.2) is 10.9 Å². The van der Waals surface area contributed by atoms with Gasteiger partial charge in [-0.3, -0.25) is 14.5 Å². The van der Waals surface area contributed by atoms with Crippen LogP contribution in [-0.4, -0.2) is 41.5 Å². The molecule has 3 aromatic rings. The molecule has 0 radical (unpaired) electrons. The van der Waals surface area contributed by atoms with E-state index in [1.54, 1.807) is 55.6 Å². The van der Waals surface area contributed by atoms with Gasteiger partial charge in [-0.25, -0.2) is 9.78 Å². The number of aryl methyl sites for hydroxylation is 1. The van der Waals surface area contributed by atoms with Crippen molar-refractivity contribution in [3.63, 3.8) is 0 Å². The van der Waals surface area contributed by atoms with Crippen molar-refractivity contribution in [2.24, 2.45) is 0 Å². The number of carbonyl (C=O) groups excluding carboxylic acids is 3. The summed E-state index contributed by atoms with van der Waals surface area (Å²) in [6.07, 6.45) is 0. The van der Waals surface area contributed by atoms with E-state index in [9.17, 15) is 19.5 Å². The van der Waals surface area contributed by atoms with Gasteiger partial charge in [0, 0.05) is 0 Å². The lowest BCUT2D eigenvalue weighted by Crippen LogP contribution is -2.31. The van der Waals surface area contributed by atoms with E-state index >= 15 is 0 Å². The van der Waals surface area contributed by atoms with E-state index in [4.69, 9.17) is 9.47 Å². The molecule has 1 unspecified atom stereocenters. The van der Waals surface area contributed by atoms with Crippen LogP contribution in [-0.2, 0) is 9.53 Å². The number of aliphatic hydroxyl groups excluding tert-OH is 1. The highest BCUT2D eigenvalue weighted by Crippen LogP contribution is 2.44. The molecule has 1 amide bonds. The highest BCUT2D eigenvalue weighted by atomic mass is 32.1. The summed E-state index contributed by atoms with van der Waals surface area (Å²) in [6, 6.07) is 9.28. The Balaban J connectivity index is 1.84. The van der Waals surface area contributed by atoms with Crippen LogP contribution < -0.4 is 9.64 Å². The van der Waals surface area contributed by atoms with E-state index in [1.807, 2.05) is 0 Å². The number of thiazole rings is 1. The largest absolute Gasteiger partial charge is 0.503 e. The molecule has 0 saturated carbocycles. The first-order valence-electron chi connectivity index (χ1n) is 10.0. The number of amides is 1. The van der Waals surface area contributed by atoms with E-state index in [1.165, 1.54) is 23.3 Å². The number of aromatic nitrogens is 1. The van der Waals surface area contributed by atoms with Gasteiger partial charge in [-0.05, 0) is 43.0 Å². The van der Waals surface area contributed by atoms with Gasteiger partial charge < -0.3 is 14.6 Å². The third-order valence-corrected chi connectivity index (χ3v) is 7.09. The Morgan fingerprint density at radius 1 is 1.21 bits per heavy atom. The smallest absolute Gasteiger partial charge is 0.350 e. The molecule has 1 aliphatic rings. The van der Waals surface area contributed by atoms with Gasteiger partial charge in [0.2, 0.25) is 5.78 Å². The van der Waals surface area contributed by atoms with Gasteiger partial charge in [0.25, 0.3) is 5.91 Å². The number of methoxy groups -OCH3 is 1. The summed E-state index contributed by atoms with van der Waals surface area (Å²) in [6.45, 7) is 3.54. The minimum atomic E-state index is -0.932. The van der Waals surface area contributed by atoms with E-state index in [0.29, 0.717) is 21.9 Å². The minimum Gasteiger partial charge on any atom is -0.503 e. The van der Waals surface area contributed by atoms with Gasteiger partial charge in [-0.1, -0.05) is 29.5 Å². The van der Waals surface area contributed by atoms with E-state index in [-0.39, 0.29) is 22.2 Å². The molecule has 1 atom stereocenters. The number of rotatable bonds is 7. The molecule has 4 rings (SSSR count). The molecule has 0 fully saturated rings. The average molecular weight is 485 g/mol. The molecule has 1 N–H and O–H groups in total. The van der Waals surface area contributed by atoms with Gasteiger partial charge in [0.05, 0.1) is 35.9 Å². The third kappa shape index (κ3) is 4.03. The van der Waals surface area contributed by atoms with Gasteiger partial charge >= 0.3 is 5.97 Å². The number of ketones is 1. The normalized spacial score (nSPS) is 15.8. The molecule has 1 aromatic carbocycles. The molecule has 1 aliphatic heterocycles. The zero-order chi connectivity index (χ0) is 23.7. The first-order valence-corrected chi connectivity index (χ1v) is 11.7. The standard InChI is InChI=1S/C23H20N2O6S2/c1-4-31-22(29)20-12(2)24-23(33-20)25-17(13-7-9-14(30-3)10-8-13)16(19(27)21(25)28)18(26)15-6-5-11-32-15/h5-11,17,27H,4H2,1-3H3. The van der Waals surface area contributed by atoms with Crippen LogP contribution in [0.5, 0.6) is 5.75 Å².